The Balaban J connectivity index is 2.12. The van der Waals surface area contributed by atoms with Crippen molar-refractivity contribution in [2.75, 3.05) is 13.1 Å². The van der Waals surface area contributed by atoms with E-state index in [2.05, 4.69) is 4.98 Å². The number of benzene rings is 1. The fourth-order valence-corrected chi connectivity index (χ4v) is 2.57. The van der Waals surface area contributed by atoms with Crippen LogP contribution in [0.3, 0.4) is 0 Å². The van der Waals surface area contributed by atoms with Crippen molar-refractivity contribution in [1.82, 2.24) is 9.88 Å². The Bertz CT molecular complexity index is 708. The molecular formula is C16H14Cl2N2O3. The first-order valence-electron chi connectivity index (χ1n) is 6.82. The summed E-state index contributed by atoms with van der Waals surface area (Å²) in [7, 11) is 0. The third-order valence-electron chi connectivity index (χ3n) is 3.19. The van der Waals surface area contributed by atoms with Gasteiger partial charge >= 0.3 is 5.97 Å². The van der Waals surface area contributed by atoms with E-state index < -0.39 is 5.97 Å². The lowest BCUT2D eigenvalue weighted by atomic mass is 10.1. The highest BCUT2D eigenvalue weighted by molar-refractivity contribution is 6.35. The molecule has 2 aromatic rings. The van der Waals surface area contributed by atoms with Crippen molar-refractivity contribution in [3.05, 3.63) is 63.9 Å². The molecule has 0 atom stereocenters. The van der Waals surface area contributed by atoms with Crippen LogP contribution in [-0.2, 0) is 11.2 Å². The van der Waals surface area contributed by atoms with E-state index in [0.29, 0.717) is 22.0 Å². The summed E-state index contributed by atoms with van der Waals surface area (Å²) in [5, 5.41) is 10.0. The van der Waals surface area contributed by atoms with Crippen LogP contribution in [0.4, 0.5) is 0 Å². The number of hydrogen-bond acceptors (Lipinski definition) is 3. The first-order chi connectivity index (χ1) is 11.0. The topological polar surface area (TPSA) is 70.5 Å². The van der Waals surface area contributed by atoms with Gasteiger partial charge in [0.2, 0.25) is 0 Å². The summed E-state index contributed by atoms with van der Waals surface area (Å²) in [4.78, 5) is 28.6. The van der Waals surface area contributed by atoms with Crippen LogP contribution in [0.1, 0.15) is 15.9 Å². The molecule has 0 unspecified atom stereocenters. The smallest absolute Gasteiger partial charge is 0.323 e. The summed E-state index contributed by atoms with van der Waals surface area (Å²) in [6, 6.07) is 8.30. The van der Waals surface area contributed by atoms with Crippen molar-refractivity contribution >= 4 is 35.1 Å². The second kappa shape index (κ2) is 7.94. The van der Waals surface area contributed by atoms with Crippen molar-refractivity contribution in [3.8, 4) is 0 Å². The van der Waals surface area contributed by atoms with Crippen molar-refractivity contribution < 1.29 is 14.7 Å². The van der Waals surface area contributed by atoms with E-state index in [1.54, 1.807) is 36.5 Å². The molecule has 7 heteroatoms. The molecular weight excluding hydrogens is 339 g/mol. The van der Waals surface area contributed by atoms with Gasteiger partial charge in [0.25, 0.3) is 5.91 Å². The van der Waals surface area contributed by atoms with Gasteiger partial charge in [-0.05, 0) is 36.2 Å². The highest BCUT2D eigenvalue weighted by Gasteiger charge is 2.19. The lowest BCUT2D eigenvalue weighted by Gasteiger charge is -2.21. The normalized spacial score (nSPS) is 10.3. The first kappa shape index (κ1) is 17.2. The molecule has 1 N–H and O–H groups in total. The number of halogens is 2. The molecule has 0 aliphatic heterocycles. The fourth-order valence-electron chi connectivity index (χ4n) is 2.07. The number of carbonyl (C=O) groups is 2. The molecule has 0 saturated carbocycles. The van der Waals surface area contributed by atoms with Crippen LogP contribution in [0.25, 0.3) is 0 Å². The quantitative estimate of drug-likeness (QED) is 0.866. The molecule has 0 radical (unpaired) electrons. The Morgan fingerprint density at radius 2 is 2.00 bits per heavy atom. The van der Waals surface area contributed by atoms with Crippen LogP contribution in [-0.4, -0.2) is 40.0 Å². The first-order valence-corrected chi connectivity index (χ1v) is 7.58. The number of hydrogen-bond donors (Lipinski definition) is 1. The maximum atomic E-state index is 12.4. The maximum Gasteiger partial charge on any atom is 0.323 e. The molecule has 0 fully saturated rings. The zero-order chi connectivity index (χ0) is 16.8. The van der Waals surface area contributed by atoms with Crippen molar-refractivity contribution in [1.29, 1.82) is 0 Å². The van der Waals surface area contributed by atoms with Crippen LogP contribution in [0.2, 0.25) is 10.0 Å². The molecule has 0 bridgehead atoms. The van der Waals surface area contributed by atoms with E-state index in [0.717, 1.165) is 5.56 Å². The van der Waals surface area contributed by atoms with E-state index in [-0.39, 0.29) is 19.0 Å². The Labute approximate surface area is 143 Å². The molecule has 0 saturated heterocycles. The summed E-state index contributed by atoms with van der Waals surface area (Å²) in [5.74, 6) is -1.46. The number of aromatic nitrogens is 1. The average molecular weight is 353 g/mol. The molecule has 1 amide bonds. The molecule has 1 aromatic carbocycles. The van der Waals surface area contributed by atoms with Crippen LogP contribution >= 0.6 is 23.2 Å². The number of aliphatic carboxylic acids is 1. The van der Waals surface area contributed by atoms with E-state index in [4.69, 9.17) is 28.3 Å². The summed E-state index contributed by atoms with van der Waals surface area (Å²) < 4.78 is 0. The van der Waals surface area contributed by atoms with Crippen LogP contribution in [0.5, 0.6) is 0 Å². The van der Waals surface area contributed by atoms with Gasteiger partial charge in [-0.1, -0.05) is 29.3 Å². The summed E-state index contributed by atoms with van der Waals surface area (Å²) >= 11 is 11.9. The second-order valence-electron chi connectivity index (χ2n) is 4.85. The van der Waals surface area contributed by atoms with E-state index in [1.807, 2.05) is 0 Å². The number of nitrogens with zero attached hydrogens (tertiary/aromatic N) is 2. The third-order valence-corrected chi connectivity index (χ3v) is 3.77. The number of carbonyl (C=O) groups excluding carboxylic acids is 1. The maximum absolute atomic E-state index is 12.4. The number of amides is 1. The monoisotopic (exact) mass is 352 g/mol. The zero-order valence-corrected chi connectivity index (χ0v) is 13.6. The number of carboxylic acid groups (broad SMARTS) is 1. The highest BCUT2D eigenvalue weighted by atomic mass is 35.5. The largest absolute Gasteiger partial charge is 0.480 e. The summed E-state index contributed by atoms with van der Waals surface area (Å²) in [6.45, 7) is -0.166. The predicted molar refractivity (Wildman–Crippen MR) is 87.9 cm³/mol. The lowest BCUT2D eigenvalue weighted by molar-refractivity contribution is -0.137. The fraction of sp³-hybridized carbons (Fsp3) is 0.188. The molecule has 120 valence electrons. The molecule has 23 heavy (non-hydrogen) atoms. The lowest BCUT2D eigenvalue weighted by Crippen LogP contribution is -2.37. The minimum absolute atomic E-state index is 0.224. The molecule has 0 spiro atoms. The summed E-state index contributed by atoms with van der Waals surface area (Å²) in [5.41, 5.74) is 1.14. The third kappa shape index (κ3) is 4.94. The number of carboxylic acids is 1. The van der Waals surface area contributed by atoms with Gasteiger partial charge in [-0.25, -0.2) is 0 Å². The van der Waals surface area contributed by atoms with Gasteiger partial charge in [-0.15, -0.1) is 0 Å². The van der Waals surface area contributed by atoms with Crippen LogP contribution in [0, 0.1) is 0 Å². The van der Waals surface area contributed by atoms with Gasteiger partial charge in [0.15, 0.2) is 0 Å². The van der Waals surface area contributed by atoms with Crippen LogP contribution in [0.15, 0.2) is 42.7 Å². The van der Waals surface area contributed by atoms with E-state index in [9.17, 15) is 9.59 Å². The predicted octanol–water partition coefficient (Wildman–Crippen LogP) is 3.16. The van der Waals surface area contributed by atoms with Gasteiger partial charge < -0.3 is 10.0 Å². The minimum atomic E-state index is -1.08. The van der Waals surface area contributed by atoms with Gasteiger partial charge in [0, 0.05) is 29.0 Å². The second-order valence-corrected chi connectivity index (χ2v) is 5.69. The van der Waals surface area contributed by atoms with Crippen LogP contribution < -0.4 is 0 Å². The molecule has 1 aromatic heterocycles. The Hall–Kier alpha value is -2.11. The average Bonchev–Trinajstić information content (AvgIpc) is 2.52. The SMILES string of the molecule is O=C(O)CN(CCc1ccc(Cl)cc1Cl)C(=O)c1cccnc1. The summed E-state index contributed by atoms with van der Waals surface area (Å²) in [6.07, 6.45) is 3.38. The zero-order valence-electron chi connectivity index (χ0n) is 12.1. The van der Waals surface area contributed by atoms with Gasteiger partial charge in [-0.3, -0.25) is 14.6 Å². The molecule has 5 nitrogen and oxygen atoms in total. The number of rotatable bonds is 6. The van der Waals surface area contributed by atoms with E-state index >= 15 is 0 Å². The minimum Gasteiger partial charge on any atom is -0.480 e. The molecule has 1 heterocycles. The van der Waals surface area contributed by atoms with Crippen molar-refractivity contribution in [3.63, 3.8) is 0 Å². The standard InChI is InChI=1S/C16H14Cl2N2O3/c17-13-4-3-11(14(18)8-13)5-7-20(10-15(21)22)16(23)12-2-1-6-19-9-12/h1-4,6,8-9H,5,7,10H2,(H,21,22). The van der Waals surface area contributed by atoms with Crippen molar-refractivity contribution in [2.24, 2.45) is 0 Å². The molecule has 0 aliphatic carbocycles. The van der Waals surface area contributed by atoms with Crippen molar-refractivity contribution in [2.45, 2.75) is 6.42 Å². The van der Waals surface area contributed by atoms with E-state index in [1.165, 1.54) is 11.1 Å². The molecule has 2 rings (SSSR count). The molecule has 0 aliphatic rings. The highest BCUT2D eigenvalue weighted by Crippen LogP contribution is 2.21. The Kier molecular flexibility index (Phi) is 5.96. The van der Waals surface area contributed by atoms with Gasteiger partial charge in [0.1, 0.15) is 6.54 Å². The van der Waals surface area contributed by atoms with Gasteiger partial charge in [0.05, 0.1) is 5.56 Å². The number of pyridine rings is 1. The Morgan fingerprint density at radius 3 is 2.61 bits per heavy atom. The Morgan fingerprint density at radius 1 is 1.22 bits per heavy atom. The van der Waals surface area contributed by atoms with Gasteiger partial charge in [-0.2, -0.15) is 0 Å².